The van der Waals surface area contributed by atoms with Crippen molar-refractivity contribution < 1.29 is 4.74 Å². The maximum atomic E-state index is 5.94. The lowest BCUT2D eigenvalue weighted by Crippen LogP contribution is -2.24. The highest BCUT2D eigenvalue weighted by Gasteiger charge is 2.29. The molecule has 0 fully saturated rings. The van der Waals surface area contributed by atoms with Crippen molar-refractivity contribution in [2.24, 2.45) is 0 Å². The van der Waals surface area contributed by atoms with Crippen molar-refractivity contribution in [2.45, 2.75) is 39.0 Å². The quantitative estimate of drug-likeness (QED) is 0.778. The largest absolute Gasteiger partial charge is 0.487 e. The molecule has 0 saturated carbocycles. The Morgan fingerprint density at radius 2 is 1.96 bits per heavy atom. The molecule has 5 heteroatoms. The number of aromatic nitrogens is 3. The summed E-state index contributed by atoms with van der Waals surface area (Å²) in [5.41, 5.74) is 3.52. The number of rotatable bonds is 5. The maximum absolute atomic E-state index is 5.94. The molecule has 1 N–H and O–H groups in total. The van der Waals surface area contributed by atoms with Gasteiger partial charge in [0.15, 0.2) is 5.82 Å². The predicted molar refractivity (Wildman–Crippen MR) is 96.8 cm³/mol. The Hall–Kier alpha value is -2.66. The predicted octanol–water partition coefficient (Wildman–Crippen LogP) is 3.27. The smallest absolute Gasteiger partial charge is 0.151 e. The van der Waals surface area contributed by atoms with Crippen LogP contribution >= 0.6 is 0 Å². The summed E-state index contributed by atoms with van der Waals surface area (Å²) in [5.74, 6) is 1.91. The lowest BCUT2D eigenvalue weighted by molar-refractivity contribution is 0.138. The molecular formula is C20H22N4O. The molecule has 0 radical (unpaired) electrons. The van der Waals surface area contributed by atoms with Crippen LogP contribution in [0.5, 0.6) is 5.75 Å². The molecule has 0 atom stereocenters. The molecule has 2 heterocycles. The Kier molecular flexibility index (Phi) is 4.01. The van der Waals surface area contributed by atoms with Crippen molar-refractivity contribution >= 4 is 0 Å². The van der Waals surface area contributed by atoms with Crippen LogP contribution < -0.4 is 10.1 Å². The molecule has 0 spiro atoms. The summed E-state index contributed by atoms with van der Waals surface area (Å²) in [6.45, 7) is 5.70. The molecule has 4 rings (SSSR count). The lowest BCUT2D eigenvalue weighted by atomic mass is 10.0. The Balaban J connectivity index is 1.41. The second-order valence-corrected chi connectivity index (χ2v) is 7.04. The molecule has 3 aromatic rings. The van der Waals surface area contributed by atoms with Gasteiger partial charge in [-0.2, -0.15) is 0 Å². The summed E-state index contributed by atoms with van der Waals surface area (Å²) < 4.78 is 7.94. The molecule has 2 aromatic carbocycles. The molecular weight excluding hydrogens is 312 g/mol. The van der Waals surface area contributed by atoms with E-state index < -0.39 is 0 Å². The van der Waals surface area contributed by atoms with E-state index in [0.717, 1.165) is 30.2 Å². The van der Waals surface area contributed by atoms with Crippen LogP contribution in [-0.4, -0.2) is 20.4 Å². The average Bonchev–Trinajstić information content (AvgIpc) is 3.17. The molecule has 128 valence electrons. The summed E-state index contributed by atoms with van der Waals surface area (Å²) in [7, 11) is 0. The summed E-state index contributed by atoms with van der Waals surface area (Å²) in [4.78, 5) is 0. The molecule has 0 unspecified atom stereocenters. The van der Waals surface area contributed by atoms with Crippen molar-refractivity contribution in [2.75, 3.05) is 0 Å². The van der Waals surface area contributed by atoms with Gasteiger partial charge in [0.1, 0.15) is 17.7 Å². The third-order valence-corrected chi connectivity index (χ3v) is 4.39. The first-order valence-corrected chi connectivity index (χ1v) is 8.57. The van der Waals surface area contributed by atoms with E-state index in [0.29, 0.717) is 6.54 Å². The Morgan fingerprint density at radius 1 is 1.12 bits per heavy atom. The van der Waals surface area contributed by atoms with Gasteiger partial charge in [-0.25, -0.2) is 0 Å². The SMILES string of the molecule is CC1(C)Cc2cc(CNCc3nncn3-c3ccccc3)ccc2O1. The van der Waals surface area contributed by atoms with Crippen LogP contribution in [0.25, 0.3) is 5.69 Å². The third kappa shape index (κ3) is 3.42. The number of ether oxygens (including phenoxy) is 1. The number of hydrogen-bond donors (Lipinski definition) is 1. The third-order valence-electron chi connectivity index (χ3n) is 4.39. The number of hydrogen-bond acceptors (Lipinski definition) is 4. The van der Waals surface area contributed by atoms with Crippen molar-refractivity contribution in [3.05, 3.63) is 71.8 Å². The minimum atomic E-state index is -0.0967. The van der Waals surface area contributed by atoms with Gasteiger partial charge < -0.3 is 10.1 Å². The van der Waals surface area contributed by atoms with Crippen LogP contribution in [0.3, 0.4) is 0 Å². The molecule has 0 bridgehead atoms. The highest BCUT2D eigenvalue weighted by molar-refractivity contribution is 5.41. The van der Waals surface area contributed by atoms with E-state index in [2.05, 4.69) is 59.7 Å². The van der Waals surface area contributed by atoms with Crippen LogP contribution in [0.4, 0.5) is 0 Å². The monoisotopic (exact) mass is 334 g/mol. The summed E-state index contributed by atoms with van der Waals surface area (Å²) in [6, 6.07) is 16.6. The Bertz CT molecular complexity index is 870. The zero-order valence-electron chi connectivity index (χ0n) is 14.6. The lowest BCUT2D eigenvalue weighted by Gasteiger charge is -2.16. The van der Waals surface area contributed by atoms with E-state index >= 15 is 0 Å². The normalized spacial score (nSPS) is 15.0. The molecule has 0 amide bonds. The highest BCUT2D eigenvalue weighted by atomic mass is 16.5. The number of nitrogens with one attached hydrogen (secondary N) is 1. The zero-order chi connectivity index (χ0) is 17.3. The van der Waals surface area contributed by atoms with E-state index in [1.54, 1.807) is 6.33 Å². The molecule has 25 heavy (non-hydrogen) atoms. The number of benzene rings is 2. The first kappa shape index (κ1) is 15.8. The minimum Gasteiger partial charge on any atom is -0.487 e. The first-order valence-electron chi connectivity index (χ1n) is 8.57. The zero-order valence-corrected chi connectivity index (χ0v) is 14.6. The molecule has 1 aliphatic rings. The van der Waals surface area contributed by atoms with Crippen LogP contribution in [0.2, 0.25) is 0 Å². The van der Waals surface area contributed by atoms with Gasteiger partial charge in [0.2, 0.25) is 0 Å². The van der Waals surface area contributed by atoms with Gasteiger partial charge in [0.05, 0.1) is 6.54 Å². The Morgan fingerprint density at radius 3 is 2.80 bits per heavy atom. The van der Waals surface area contributed by atoms with Gasteiger partial charge >= 0.3 is 0 Å². The molecule has 0 aliphatic carbocycles. The summed E-state index contributed by atoms with van der Waals surface area (Å²) in [5, 5.41) is 11.7. The fraction of sp³-hybridized carbons (Fsp3) is 0.300. The minimum absolute atomic E-state index is 0.0967. The summed E-state index contributed by atoms with van der Waals surface area (Å²) >= 11 is 0. The van der Waals surface area contributed by atoms with E-state index in [1.807, 2.05) is 22.8 Å². The number of nitrogens with zero attached hydrogens (tertiary/aromatic N) is 3. The van der Waals surface area contributed by atoms with Crippen LogP contribution in [-0.2, 0) is 19.5 Å². The highest BCUT2D eigenvalue weighted by Crippen LogP contribution is 2.35. The van der Waals surface area contributed by atoms with Crippen LogP contribution in [0, 0.1) is 0 Å². The van der Waals surface area contributed by atoms with Gasteiger partial charge in [0.25, 0.3) is 0 Å². The number of fused-ring (bicyclic) bond motifs is 1. The molecule has 0 saturated heterocycles. The van der Waals surface area contributed by atoms with Crippen molar-refractivity contribution in [3.8, 4) is 11.4 Å². The fourth-order valence-corrected chi connectivity index (χ4v) is 3.28. The van der Waals surface area contributed by atoms with Crippen molar-refractivity contribution in [1.29, 1.82) is 0 Å². The van der Waals surface area contributed by atoms with Crippen molar-refractivity contribution in [3.63, 3.8) is 0 Å². The average molecular weight is 334 g/mol. The van der Waals surface area contributed by atoms with Gasteiger partial charge in [0, 0.05) is 18.7 Å². The van der Waals surface area contributed by atoms with Gasteiger partial charge in [-0.15, -0.1) is 10.2 Å². The Labute approximate surface area is 147 Å². The molecule has 1 aliphatic heterocycles. The van der Waals surface area contributed by atoms with Crippen LogP contribution in [0.15, 0.2) is 54.9 Å². The summed E-state index contributed by atoms with van der Waals surface area (Å²) in [6.07, 6.45) is 2.71. The van der Waals surface area contributed by atoms with Gasteiger partial charge in [-0.1, -0.05) is 30.3 Å². The maximum Gasteiger partial charge on any atom is 0.151 e. The topological polar surface area (TPSA) is 52.0 Å². The number of para-hydroxylation sites is 1. The van der Waals surface area contributed by atoms with Crippen LogP contribution in [0.1, 0.15) is 30.8 Å². The second kappa shape index (κ2) is 6.33. The fourth-order valence-electron chi connectivity index (χ4n) is 3.28. The van der Waals surface area contributed by atoms with E-state index in [9.17, 15) is 0 Å². The molecule has 1 aromatic heterocycles. The van der Waals surface area contributed by atoms with E-state index in [-0.39, 0.29) is 5.60 Å². The van der Waals surface area contributed by atoms with Crippen molar-refractivity contribution in [1.82, 2.24) is 20.1 Å². The van der Waals surface area contributed by atoms with Gasteiger partial charge in [-0.3, -0.25) is 4.57 Å². The first-order chi connectivity index (χ1) is 12.1. The second-order valence-electron chi connectivity index (χ2n) is 7.04. The van der Waals surface area contributed by atoms with E-state index in [1.165, 1.54) is 11.1 Å². The molecule has 5 nitrogen and oxygen atoms in total. The van der Waals surface area contributed by atoms with Gasteiger partial charge in [-0.05, 0) is 43.2 Å². The van der Waals surface area contributed by atoms with E-state index in [4.69, 9.17) is 4.74 Å². The standard InChI is InChI=1S/C20H22N4O/c1-20(2)11-16-10-15(8-9-18(16)25-20)12-21-13-19-23-22-14-24(19)17-6-4-3-5-7-17/h3-10,14,21H,11-13H2,1-2H3.